The Kier molecular flexibility index (Phi) is 9.19. The molecule has 1 unspecified atom stereocenters. The first-order valence-corrected chi connectivity index (χ1v) is 17.2. The number of fused-ring (bicyclic) bond motifs is 1. The molecular weight excluding hydrogens is 546 g/mol. The number of ketones is 2. The van der Waals surface area contributed by atoms with Gasteiger partial charge in [0.25, 0.3) is 0 Å². The zero-order chi connectivity index (χ0) is 32.9. The fraction of sp³-hybridized carbons (Fsp3) is 0.789. The Bertz CT molecular complexity index is 1280. The minimum atomic E-state index is -0.691. The summed E-state index contributed by atoms with van der Waals surface area (Å²) in [7, 11) is 0. The van der Waals surface area contributed by atoms with Crippen LogP contribution < -0.4 is 5.32 Å². The predicted octanol–water partition coefficient (Wildman–Crippen LogP) is 8.57. The van der Waals surface area contributed by atoms with Crippen molar-refractivity contribution in [2.75, 3.05) is 13.1 Å². The van der Waals surface area contributed by atoms with Gasteiger partial charge in [-0.05, 0) is 105 Å². The molecule has 1 saturated heterocycles. The van der Waals surface area contributed by atoms with Crippen LogP contribution in [0.15, 0.2) is 23.3 Å². The number of amides is 2. The number of rotatable bonds is 6. The molecule has 0 aromatic carbocycles. The van der Waals surface area contributed by atoms with Crippen molar-refractivity contribution < 1.29 is 14.4 Å². The largest absolute Gasteiger partial charge is 0.332 e. The van der Waals surface area contributed by atoms with E-state index in [2.05, 4.69) is 59.9 Å². The molecule has 6 nitrogen and oxygen atoms in total. The highest BCUT2D eigenvalue weighted by atomic mass is 16.2. The molecule has 0 radical (unpaired) electrons. The third-order valence-electron chi connectivity index (χ3n) is 13.2. The molecular formula is C38H59N3O3. The van der Waals surface area contributed by atoms with E-state index in [1.165, 1.54) is 6.42 Å². The highest BCUT2D eigenvalue weighted by Gasteiger charge is 2.61. The number of likely N-dealkylation sites (tertiary alicyclic amines) is 1. The van der Waals surface area contributed by atoms with Gasteiger partial charge in [0.05, 0.1) is 5.57 Å². The molecule has 2 amide bonds. The Balaban J connectivity index is 1.71. The Morgan fingerprint density at radius 2 is 1.70 bits per heavy atom. The minimum Gasteiger partial charge on any atom is -0.332 e. The van der Waals surface area contributed by atoms with Crippen molar-refractivity contribution in [1.29, 1.82) is 5.26 Å². The van der Waals surface area contributed by atoms with Crippen LogP contribution >= 0.6 is 0 Å². The number of urea groups is 1. The number of carbonyl (C=O) groups excluding carboxylic acids is 3. The highest BCUT2D eigenvalue weighted by Crippen LogP contribution is 2.67. The van der Waals surface area contributed by atoms with E-state index >= 15 is 0 Å². The molecule has 244 valence electrons. The summed E-state index contributed by atoms with van der Waals surface area (Å²) in [6, 6.07) is 2.28. The third kappa shape index (κ3) is 5.94. The predicted molar refractivity (Wildman–Crippen MR) is 177 cm³/mol. The highest BCUT2D eigenvalue weighted by molar-refractivity contribution is 6.04. The maximum absolute atomic E-state index is 13.7. The Labute approximate surface area is 267 Å². The molecule has 1 aliphatic heterocycles. The van der Waals surface area contributed by atoms with Crippen LogP contribution in [0.1, 0.15) is 133 Å². The van der Waals surface area contributed by atoms with E-state index in [0.717, 1.165) is 76.5 Å². The van der Waals surface area contributed by atoms with Crippen LogP contribution in [0.25, 0.3) is 0 Å². The average Bonchev–Trinajstić information content (AvgIpc) is 2.94. The number of nitrogens with one attached hydrogen (secondary N) is 1. The number of Topliss-reactive ketones (excluding diaryl/α,β-unsaturated/α-hetero) is 1. The number of carbonyl (C=O) groups is 3. The summed E-state index contributed by atoms with van der Waals surface area (Å²) in [5.41, 5.74) is -0.600. The molecule has 44 heavy (non-hydrogen) atoms. The van der Waals surface area contributed by atoms with Gasteiger partial charge < -0.3 is 10.2 Å². The summed E-state index contributed by atoms with van der Waals surface area (Å²) in [5, 5.41) is 13.6. The van der Waals surface area contributed by atoms with Crippen LogP contribution in [-0.4, -0.2) is 41.1 Å². The lowest BCUT2D eigenvalue weighted by molar-refractivity contribution is -0.131. The van der Waals surface area contributed by atoms with Crippen LogP contribution in [0.2, 0.25) is 0 Å². The van der Waals surface area contributed by atoms with Gasteiger partial charge in [0.1, 0.15) is 6.07 Å². The molecule has 3 fully saturated rings. The third-order valence-corrected chi connectivity index (χ3v) is 13.2. The number of allylic oxidation sites excluding steroid dienone is 4. The smallest absolute Gasteiger partial charge is 0.317 e. The first-order valence-electron chi connectivity index (χ1n) is 17.2. The van der Waals surface area contributed by atoms with Crippen molar-refractivity contribution in [3.63, 3.8) is 0 Å². The van der Waals surface area contributed by atoms with Gasteiger partial charge in [0.15, 0.2) is 11.6 Å². The van der Waals surface area contributed by atoms with Crippen LogP contribution in [0, 0.1) is 50.2 Å². The number of nitriles is 1. The zero-order valence-electron chi connectivity index (χ0n) is 29.4. The van der Waals surface area contributed by atoms with Gasteiger partial charge in [-0.25, -0.2) is 4.79 Å². The topological polar surface area (TPSA) is 90.3 Å². The van der Waals surface area contributed by atoms with Crippen molar-refractivity contribution >= 4 is 17.6 Å². The quantitative estimate of drug-likeness (QED) is 0.307. The van der Waals surface area contributed by atoms with E-state index in [1.54, 1.807) is 6.92 Å². The normalized spacial score (nSPS) is 36.2. The van der Waals surface area contributed by atoms with E-state index in [4.69, 9.17) is 0 Å². The lowest BCUT2D eigenvalue weighted by Crippen LogP contribution is -2.60. The molecule has 3 aliphatic carbocycles. The summed E-state index contributed by atoms with van der Waals surface area (Å²) in [6.45, 7) is 23.4. The summed E-state index contributed by atoms with van der Waals surface area (Å²) in [4.78, 5) is 41.9. The second-order valence-corrected chi connectivity index (χ2v) is 17.4. The number of hydrogen-bond acceptors (Lipinski definition) is 4. The molecule has 0 aromatic rings. The summed E-state index contributed by atoms with van der Waals surface area (Å²) in [6.07, 6.45) is 13.7. The van der Waals surface area contributed by atoms with E-state index in [0.29, 0.717) is 5.92 Å². The first kappa shape index (κ1) is 34.5. The van der Waals surface area contributed by atoms with E-state index in [-0.39, 0.29) is 50.9 Å². The minimum absolute atomic E-state index is 0.00101. The van der Waals surface area contributed by atoms with Crippen molar-refractivity contribution in [2.24, 2.45) is 38.9 Å². The van der Waals surface area contributed by atoms with E-state index in [1.807, 2.05) is 30.9 Å². The van der Waals surface area contributed by atoms with Crippen molar-refractivity contribution in [1.82, 2.24) is 10.2 Å². The Morgan fingerprint density at radius 1 is 1.07 bits per heavy atom. The Hall–Kier alpha value is -2.42. The summed E-state index contributed by atoms with van der Waals surface area (Å²) in [5.74, 6) is 0.257. The molecule has 0 aromatic heterocycles. The second-order valence-electron chi connectivity index (χ2n) is 17.4. The van der Waals surface area contributed by atoms with Crippen LogP contribution in [0.4, 0.5) is 4.79 Å². The van der Waals surface area contributed by atoms with Crippen molar-refractivity contribution in [3.8, 4) is 6.07 Å². The van der Waals surface area contributed by atoms with Crippen molar-refractivity contribution in [3.05, 3.63) is 23.3 Å². The maximum Gasteiger partial charge on any atom is 0.317 e. The van der Waals surface area contributed by atoms with E-state index < -0.39 is 10.8 Å². The van der Waals surface area contributed by atoms with Crippen LogP contribution in [0.5, 0.6) is 0 Å². The lowest BCUT2D eigenvalue weighted by Gasteiger charge is -2.61. The van der Waals surface area contributed by atoms with Gasteiger partial charge in [-0.2, -0.15) is 5.26 Å². The number of piperidine rings is 1. The zero-order valence-corrected chi connectivity index (χ0v) is 29.4. The molecule has 6 heteroatoms. The summed E-state index contributed by atoms with van der Waals surface area (Å²) >= 11 is 0. The van der Waals surface area contributed by atoms with Crippen LogP contribution in [0.3, 0.4) is 0 Å². The van der Waals surface area contributed by atoms with Gasteiger partial charge in [0, 0.05) is 29.5 Å². The average molecular weight is 606 g/mol. The molecule has 4 aliphatic rings. The number of hydrogen-bond donors (Lipinski definition) is 1. The monoisotopic (exact) mass is 605 g/mol. The van der Waals surface area contributed by atoms with Gasteiger partial charge >= 0.3 is 6.03 Å². The SMILES string of the molecule is CC(=O)/C=C1/[C@@]2(C)C=C(C#N)C(=O)C(C)(C)[C@@H]2CC[C@@]1(C)C(C)(C)CC[C@@]1(NC(=O)N2CCCCC2)CCC(C)(C)CC1C. The molecule has 2 saturated carbocycles. The van der Waals surface area contributed by atoms with Crippen molar-refractivity contribution in [2.45, 2.75) is 139 Å². The molecule has 1 N–H and O–H groups in total. The fourth-order valence-electron chi connectivity index (χ4n) is 9.87. The van der Waals surface area contributed by atoms with Crippen LogP contribution in [-0.2, 0) is 9.59 Å². The molecule has 4 rings (SSSR count). The maximum atomic E-state index is 13.7. The molecule has 0 bridgehead atoms. The lowest BCUT2D eigenvalue weighted by atomic mass is 9.42. The van der Waals surface area contributed by atoms with E-state index in [9.17, 15) is 19.6 Å². The van der Waals surface area contributed by atoms with Gasteiger partial charge in [-0.3, -0.25) is 9.59 Å². The second kappa shape index (κ2) is 11.7. The van der Waals surface area contributed by atoms with Gasteiger partial charge in [-0.1, -0.05) is 74.0 Å². The molecule has 1 heterocycles. The fourth-order valence-corrected chi connectivity index (χ4v) is 9.87. The Morgan fingerprint density at radius 3 is 2.27 bits per heavy atom. The standard InChI is InChI=1S/C38H59N3O3/c1-26-23-33(3,4)16-18-38(26,40-32(44)41-20-12-11-13-21-41)19-17-34(5,6)37(10)15-14-29-35(7,8)31(43)28(25-39)24-36(29,9)30(37)22-27(2)42/h22,24,26,29H,11-21,23H2,1-10H3,(H,40,44)/b30-22-/t26?,29-,36-,37+,38-/m0/s1. The van der Waals surface area contributed by atoms with Gasteiger partial charge in [-0.15, -0.1) is 0 Å². The first-order chi connectivity index (χ1) is 20.2. The van der Waals surface area contributed by atoms with Gasteiger partial charge in [0.2, 0.25) is 0 Å². The molecule has 5 atom stereocenters. The summed E-state index contributed by atoms with van der Waals surface area (Å²) < 4.78 is 0. The number of nitrogens with zero attached hydrogens (tertiary/aromatic N) is 2. The molecule has 0 spiro atoms.